The second-order valence-corrected chi connectivity index (χ2v) is 8.87. The monoisotopic (exact) mass is 312 g/mol. The van der Waals surface area contributed by atoms with Crippen molar-refractivity contribution < 1.29 is 8.78 Å². The SMILES string of the molecule is CC1CCC([C@@H]2CCC([C@@H]3CCC(C)CC3F)CC2F)CC1. The molecule has 0 nitrogen and oxygen atoms in total. The molecule has 0 aromatic rings. The maximum absolute atomic E-state index is 14.8. The Labute approximate surface area is 135 Å². The van der Waals surface area contributed by atoms with Crippen LogP contribution in [0.4, 0.5) is 8.78 Å². The van der Waals surface area contributed by atoms with Crippen LogP contribution in [0.2, 0.25) is 0 Å². The van der Waals surface area contributed by atoms with Gasteiger partial charge in [0.25, 0.3) is 0 Å². The number of alkyl halides is 2. The van der Waals surface area contributed by atoms with E-state index in [1.165, 1.54) is 25.7 Å². The summed E-state index contributed by atoms with van der Waals surface area (Å²) >= 11 is 0. The van der Waals surface area contributed by atoms with E-state index in [2.05, 4.69) is 13.8 Å². The lowest BCUT2D eigenvalue weighted by Gasteiger charge is -2.43. The highest BCUT2D eigenvalue weighted by Crippen LogP contribution is 2.47. The van der Waals surface area contributed by atoms with Gasteiger partial charge in [-0.2, -0.15) is 0 Å². The van der Waals surface area contributed by atoms with E-state index < -0.39 is 12.3 Å². The molecule has 3 aliphatic rings. The molecule has 0 spiro atoms. The molecule has 0 radical (unpaired) electrons. The normalized spacial score (nSPS) is 50.7. The zero-order valence-corrected chi connectivity index (χ0v) is 14.4. The first kappa shape index (κ1) is 16.7. The Hall–Kier alpha value is -0.140. The van der Waals surface area contributed by atoms with Crippen LogP contribution in [0.5, 0.6) is 0 Å². The highest BCUT2D eigenvalue weighted by atomic mass is 19.1. The average Bonchev–Trinajstić information content (AvgIpc) is 2.48. The summed E-state index contributed by atoms with van der Waals surface area (Å²) in [6.45, 7) is 4.48. The van der Waals surface area contributed by atoms with E-state index in [0.29, 0.717) is 30.6 Å². The van der Waals surface area contributed by atoms with Crippen LogP contribution in [0.1, 0.15) is 78.1 Å². The molecule has 0 aromatic carbocycles. The van der Waals surface area contributed by atoms with Crippen LogP contribution in [0.3, 0.4) is 0 Å². The standard InChI is InChI=1S/C20H34F2/c1-13-3-6-15(7-4-13)17-10-8-16(12-20(17)22)18-9-5-14(2)11-19(18)21/h13-20H,3-12H2,1-2H3/t13?,14?,15?,16?,17-,18-,19?,20?/m0/s1. The van der Waals surface area contributed by atoms with Gasteiger partial charge in [0.05, 0.1) is 0 Å². The molecule has 3 fully saturated rings. The Kier molecular flexibility index (Phi) is 5.45. The first-order valence-electron chi connectivity index (χ1n) is 9.82. The molecule has 0 saturated heterocycles. The number of halogens is 2. The van der Waals surface area contributed by atoms with E-state index in [-0.39, 0.29) is 11.8 Å². The summed E-state index contributed by atoms with van der Waals surface area (Å²) in [5.41, 5.74) is 0. The smallest absolute Gasteiger partial charge is 0.103 e. The van der Waals surface area contributed by atoms with E-state index in [1.54, 1.807) is 0 Å². The molecule has 0 heterocycles. The van der Waals surface area contributed by atoms with Crippen molar-refractivity contribution >= 4 is 0 Å². The fourth-order valence-corrected chi connectivity index (χ4v) is 5.67. The van der Waals surface area contributed by atoms with Gasteiger partial charge in [0.1, 0.15) is 12.3 Å². The molecule has 0 amide bonds. The molecule has 4 unspecified atom stereocenters. The van der Waals surface area contributed by atoms with Crippen molar-refractivity contribution in [2.24, 2.45) is 35.5 Å². The minimum Gasteiger partial charge on any atom is -0.247 e. The fraction of sp³-hybridized carbons (Fsp3) is 1.00. The summed E-state index contributed by atoms with van der Waals surface area (Å²) in [5.74, 6) is 2.72. The molecule has 6 atom stereocenters. The second kappa shape index (κ2) is 7.18. The Balaban J connectivity index is 1.53. The van der Waals surface area contributed by atoms with Gasteiger partial charge in [-0.25, -0.2) is 8.78 Å². The van der Waals surface area contributed by atoms with Gasteiger partial charge in [-0.05, 0) is 80.5 Å². The maximum Gasteiger partial charge on any atom is 0.103 e. The van der Waals surface area contributed by atoms with Crippen LogP contribution in [-0.4, -0.2) is 12.3 Å². The molecule has 3 aliphatic carbocycles. The molecule has 2 heteroatoms. The van der Waals surface area contributed by atoms with E-state index in [9.17, 15) is 8.78 Å². The molecule has 3 rings (SSSR count). The fourth-order valence-electron chi connectivity index (χ4n) is 5.67. The number of hydrogen-bond donors (Lipinski definition) is 0. The second-order valence-electron chi connectivity index (χ2n) is 8.87. The van der Waals surface area contributed by atoms with Gasteiger partial charge in [-0.15, -0.1) is 0 Å². The van der Waals surface area contributed by atoms with Crippen LogP contribution in [0, 0.1) is 35.5 Å². The predicted octanol–water partition coefficient (Wildman–Crippen LogP) is 6.34. The minimum atomic E-state index is -0.673. The third kappa shape index (κ3) is 3.67. The van der Waals surface area contributed by atoms with Crippen LogP contribution >= 0.6 is 0 Å². The van der Waals surface area contributed by atoms with Gasteiger partial charge >= 0.3 is 0 Å². The van der Waals surface area contributed by atoms with Crippen molar-refractivity contribution in [2.75, 3.05) is 0 Å². The summed E-state index contributed by atoms with van der Waals surface area (Å²) in [4.78, 5) is 0. The highest BCUT2D eigenvalue weighted by molar-refractivity contribution is 4.91. The van der Waals surface area contributed by atoms with Crippen molar-refractivity contribution in [2.45, 2.75) is 90.4 Å². The molecule has 0 N–H and O–H groups in total. The third-order valence-corrected chi connectivity index (χ3v) is 7.22. The van der Waals surface area contributed by atoms with Crippen molar-refractivity contribution in [3.8, 4) is 0 Å². The largest absolute Gasteiger partial charge is 0.247 e. The summed E-state index contributed by atoms with van der Waals surface area (Å²) < 4.78 is 29.2. The van der Waals surface area contributed by atoms with E-state index in [1.807, 2.05) is 0 Å². The van der Waals surface area contributed by atoms with Crippen LogP contribution in [0.25, 0.3) is 0 Å². The lowest BCUT2D eigenvalue weighted by atomic mass is 9.64. The lowest BCUT2D eigenvalue weighted by Crippen LogP contribution is -2.39. The van der Waals surface area contributed by atoms with Crippen LogP contribution in [0.15, 0.2) is 0 Å². The lowest BCUT2D eigenvalue weighted by molar-refractivity contribution is 0.00875. The Bertz CT molecular complexity index is 348. The molecular weight excluding hydrogens is 278 g/mol. The third-order valence-electron chi connectivity index (χ3n) is 7.22. The topological polar surface area (TPSA) is 0 Å². The summed E-state index contributed by atoms with van der Waals surface area (Å²) in [6, 6.07) is 0. The zero-order chi connectivity index (χ0) is 15.7. The van der Waals surface area contributed by atoms with Crippen molar-refractivity contribution in [3.63, 3.8) is 0 Å². The molecular formula is C20H34F2. The van der Waals surface area contributed by atoms with Gasteiger partial charge < -0.3 is 0 Å². The molecule has 0 aromatic heterocycles. The van der Waals surface area contributed by atoms with Gasteiger partial charge in [0, 0.05) is 0 Å². The van der Waals surface area contributed by atoms with Gasteiger partial charge in [0.15, 0.2) is 0 Å². The van der Waals surface area contributed by atoms with Gasteiger partial charge in [-0.1, -0.05) is 33.1 Å². The van der Waals surface area contributed by atoms with E-state index in [4.69, 9.17) is 0 Å². The number of hydrogen-bond acceptors (Lipinski definition) is 0. The van der Waals surface area contributed by atoms with Crippen molar-refractivity contribution in [1.29, 1.82) is 0 Å². The van der Waals surface area contributed by atoms with Gasteiger partial charge in [-0.3, -0.25) is 0 Å². The van der Waals surface area contributed by atoms with Crippen molar-refractivity contribution in [1.82, 2.24) is 0 Å². The molecule has 22 heavy (non-hydrogen) atoms. The Morgan fingerprint density at radius 2 is 1.05 bits per heavy atom. The van der Waals surface area contributed by atoms with Gasteiger partial charge in [0.2, 0.25) is 0 Å². The zero-order valence-electron chi connectivity index (χ0n) is 14.4. The highest BCUT2D eigenvalue weighted by Gasteiger charge is 2.42. The van der Waals surface area contributed by atoms with E-state index in [0.717, 1.165) is 31.6 Å². The first-order chi connectivity index (χ1) is 10.5. The average molecular weight is 312 g/mol. The Morgan fingerprint density at radius 3 is 1.68 bits per heavy atom. The minimum absolute atomic E-state index is 0.154. The predicted molar refractivity (Wildman–Crippen MR) is 88.3 cm³/mol. The maximum atomic E-state index is 14.8. The first-order valence-corrected chi connectivity index (χ1v) is 9.82. The molecule has 0 bridgehead atoms. The Morgan fingerprint density at radius 1 is 0.545 bits per heavy atom. The van der Waals surface area contributed by atoms with Crippen LogP contribution < -0.4 is 0 Å². The summed E-state index contributed by atoms with van der Waals surface area (Å²) in [5, 5.41) is 0. The molecule has 3 saturated carbocycles. The van der Waals surface area contributed by atoms with E-state index >= 15 is 0 Å². The quantitative estimate of drug-likeness (QED) is 0.558. The van der Waals surface area contributed by atoms with Crippen LogP contribution in [-0.2, 0) is 0 Å². The van der Waals surface area contributed by atoms with Crippen molar-refractivity contribution in [3.05, 3.63) is 0 Å². The molecule has 128 valence electrons. The molecule has 0 aliphatic heterocycles. The number of rotatable bonds is 2. The summed E-state index contributed by atoms with van der Waals surface area (Å²) in [7, 11) is 0. The summed E-state index contributed by atoms with van der Waals surface area (Å²) in [6.07, 6.45) is 9.27.